The predicted octanol–water partition coefficient (Wildman–Crippen LogP) is 0.568. The van der Waals surface area contributed by atoms with Gasteiger partial charge in [-0.3, -0.25) is 5.32 Å². The fourth-order valence-electron chi connectivity index (χ4n) is 1.12. The van der Waals surface area contributed by atoms with Gasteiger partial charge in [0.25, 0.3) is 0 Å². The molecule has 1 aliphatic rings. The van der Waals surface area contributed by atoms with Gasteiger partial charge < -0.3 is 10.1 Å². The Morgan fingerprint density at radius 1 is 1.50 bits per heavy atom. The molecule has 3 nitrogen and oxygen atoms in total. The largest absolute Gasteiger partial charge is 0.361 e. The van der Waals surface area contributed by atoms with Crippen molar-refractivity contribution in [3.05, 3.63) is 0 Å². The molecule has 0 radical (unpaired) electrons. The van der Waals surface area contributed by atoms with Gasteiger partial charge in [0.05, 0.1) is 6.61 Å². The summed E-state index contributed by atoms with van der Waals surface area (Å²) in [6.45, 7) is 10.4. The summed E-state index contributed by atoms with van der Waals surface area (Å²) in [6.07, 6.45) is 0.206. The van der Waals surface area contributed by atoms with Crippen molar-refractivity contribution >= 4 is 0 Å². The Labute approximate surface area is 74.9 Å². The molecule has 0 amide bonds. The molecular weight excluding hydrogens is 152 g/mol. The van der Waals surface area contributed by atoms with Crippen molar-refractivity contribution in [1.82, 2.24) is 10.6 Å². The Balaban J connectivity index is 2.13. The SMILES string of the molecule is CC(C)(C)CNC1CNCCO1. The summed E-state index contributed by atoms with van der Waals surface area (Å²) in [5.74, 6) is 0. The zero-order valence-corrected chi connectivity index (χ0v) is 8.31. The highest BCUT2D eigenvalue weighted by atomic mass is 16.5. The fourth-order valence-corrected chi connectivity index (χ4v) is 1.12. The molecule has 1 aliphatic heterocycles. The molecular formula is C9H20N2O. The number of morpholine rings is 1. The summed E-state index contributed by atoms with van der Waals surface area (Å²) in [5, 5.41) is 6.66. The number of hydrogen-bond donors (Lipinski definition) is 2. The lowest BCUT2D eigenvalue weighted by Gasteiger charge is -2.28. The quantitative estimate of drug-likeness (QED) is 0.639. The summed E-state index contributed by atoms with van der Waals surface area (Å²) in [7, 11) is 0. The summed E-state index contributed by atoms with van der Waals surface area (Å²) in [4.78, 5) is 0. The van der Waals surface area contributed by atoms with Crippen LogP contribution in [0.25, 0.3) is 0 Å². The van der Waals surface area contributed by atoms with Crippen LogP contribution in [0.1, 0.15) is 20.8 Å². The second kappa shape index (κ2) is 4.21. The minimum absolute atomic E-state index is 0.206. The Morgan fingerprint density at radius 3 is 2.75 bits per heavy atom. The second-order valence-electron chi connectivity index (χ2n) is 4.51. The van der Waals surface area contributed by atoms with Crippen LogP contribution in [-0.4, -0.2) is 32.5 Å². The third-order valence-corrected chi connectivity index (χ3v) is 1.79. The van der Waals surface area contributed by atoms with E-state index in [2.05, 4.69) is 31.4 Å². The second-order valence-corrected chi connectivity index (χ2v) is 4.51. The summed E-state index contributed by atoms with van der Waals surface area (Å²) >= 11 is 0. The molecule has 1 atom stereocenters. The van der Waals surface area contributed by atoms with Gasteiger partial charge in [-0.15, -0.1) is 0 Å². The van der Waals surface area contributed by atoms with Gasteiger partial charge in [-0.05, 0) is 5.41 Å². The zero-order chi connectivity index (χ0) is 9.03. The molecule has 2 N–H and O–H groups in total. The van der Waals surface area contributed by atoms with E-state index in [0.29, 0.717) is 5.41 Å². The van der Waals surface area contributed by atoms with E-state index in [1.807, 2.05) is 0 Å². The van der Waals surface area contributed by atoms with Gasteiger partial charge in [0.2, 0.25) is 0 Å². The van der Waals surface area contributed by atoms with Gasteiger partial charge >= 0.3 is 0 Å². The van der Waals surface area contributed by atoms with Crippen LogP contribution < -0.4 is 10.6 Å². The van der Waals surface area contributed by atoms with Crippen molar-refractivity contribution in [3.8, 4) is 0 Å². The number of ether oxygens (including phenoxy) is 1. The van der Waals surface area contributed by atoms with E-state index < -0.39 is 0 Å². The first-order valence-corrected chi connectivity index (χ1v) is 4.64. The van der Waals surface area contributed by atoms with Crippen molar-refractivity contribution in [2.24, 2.45) is 5.41 Å². The van der Waals surface area contributed by atoms with Crippen LogP contribution in [0.5, 0.6) is 0 Å². The van der Waals surface area contributed by atoms with Gasteiger partial charge in [-0.2, -0.15) is 0 Å². The Bertz CT molecular complexity index is 125. The normalized spacial score (nSPS) is 25.8. The van der Waals surface area contributed by atoms with Crippen LogP contribution in [0.15, 0.2) is 0 Å². The molecule has 0 aromatic carbocycles. The van der Waals surface area contributed by atoms with Crippen LogP contribution in [-0.2, 0) is 4.74 Å². The van der Waals surface area contributed by atoms with Crippen LogP contribution in [0.2, 0.25) is 0 Å². The number of rotatable bonds is 2. The summed E-state index contributed by atoms with van der Waals surface area (Å²) < 4.78 is 5.50. The summed E-state index contributed by atoms with van der Waals surface area (Å²) in [6, 6.07) is 0. The van der Waals surface area contributed by atoms with Gasteiger partial charge in [0, 0.05) is 19.6 Å². The van der Waals surface area contributed by atoms with Crippen LogP contribution in [0.4, 0.5) is 0 Å². The fraction of sp³-hybridized carbons (Fsp3) is 1.00. The monoisotopic (exact) mass is 172 g/mol. The lowest BCUT2D eigenvalue weighted by molar-refractivity contribution is 0.00222. The van der Waals surface area contributed by atoms with E-state index >= 15 is 0 Å². The van der Waals surface area contributed by atoms with Gasteiger partial charge in [-0.1, -0.05) is 20.8 Å². The van der Waals surface area contributed by atoms with Crippen LogP contribution in [0, 0.1) is 5.41 Å². The van der Waals surface area contributed by atoms with E-state index in [1.54, 1.807) is 0 Å². The maximum Gasteiger partial charge on any atom is 0.120 e. The minimum Gasteiger partial charge on any atom is -0.361 e. The number of nitrogens with one attached hydrogen (secondary N) is 2. The highest BCUT2D eigenvalue weighted by Gasteiger charge is 2.16. The first-order valence-electron chi connectivity index (χ1n) is 4.64. The molecule has 1 rings (SSSR count). The maximum atomic E-state index is 5.50. The molecule has 0 aliphatic carbocycles. The van der Waals surface area contributed by atoms with E-state index in [4.69, 9.17) is 4.74 Å². The molecule has 0 saturated carbocycles. The standard InChI is InChI=1S/C9H20N2O/c1-9(2,3)7-11-8-6-10-4-5-12-8/h8,10-11H,4-7H2,1-3H3. The van der Waals surface area contributed by atoms with E-state index in [0.717, 1.165) is 26.2 Å². The topological polar surface area (TPSA) is 33.3 Å². The molecule has 72 valence electrons. The third kappa shape index (κ3) is 4.04. The highest BCUT2D eigenvalue weighted by molar-refractivity contribution is 4.70. The third-order valence-electron chi connectivity index (χ3n) is 1.79. The highest BCUT2D eigenvalue weighted by Crippen LogP contribution is 2.10. The summed E-state index contributed by atoms with van der Waals surface area (Å²) in [5.41, 5.74) is 0.334. The van der Waals surface area contributed by atoms with Crippen LogP contribution in [0.3, 0.4) is 0 Å². The van der Waals surface area contributed by atoms with E-state index in [-0.39, 0.29) is 6.23 Å². The molecule has 1 heterocycles. The minimum atomic E-state index is 0.206. The molecule has 12 heavy (non-hydrogen) atoms. The van der Waals surface area contributed by atoms with Crippen molar-refractivity contribution in [2.45, 2.75) is 27.0 Å². The average molecular weight is 172 g/mol. The smallest absolute Gasteiger partial charge is 0.120 e. The van der Waals surface area contributed by atoms with Gasteiger partial charge in [0.15, 0.2) is 0 Å². The molecule has 0 spiro atoms. The van der Waals surface area contributed by atoms with Crippen molar-refractivity contribution < 1.29 is 4.74 Å². The zero-order valence-electron chi connectivity index (χ0n) is 8.31. The molecule has 1 fully saturated rings. The first-order chi connectivity index (χ1) is 5.58. The molecule has 0 aromatic heterocycles. The molecule has 1 saturated heterocycles. The predicted molar refractivity (Wildman–Crippen MR) is 50.1 cm³/mol. The van der Waals surface area contributed by atoms with Gasteiger partial charge in [0.1, 0.15) is 6.23 Å². The van der Waals surface area contributed by atoms with Crippen molar-refractivity contribution in [1.29, 1.82) is 0 Å². The molecule has 0 aromatic rings. The molecule has 3 heteroatoms. The Morgan fingerprint density at radius 2 is 2.25 bits per heavy atom. The average Bonchev–Trinajstić information content (AvgIpc) is 2.02. The van der Waals surface area contributed by atoms with Gasteiger partial charge in [-0.25, -0.2) is 0 Å². The lowest BCUT2D eigenvalue weighted by Crippen LogP contribution is -2.48. The Hall–Kier alpha value is -0.120. The number of hydrogen-bond acceptors (Lipinski definition) is 3. The van der Waals surface area contributed by atoms with Crippen molar-refractivity contribution in [2.75, 3.05) is 26.2 Å². The van der Waals surface area contributed by atoms with E-state index in [9.17, 15) is 0 Å². The Kier molecular flexibility index (Phi) is 3.50. The molecule has 0 bridgehead atoms. The van der Waals surface area contributed by atoms with Crippen molar-refractivity contribution in [3.63, 3.8) is 0 Å². The lowest BCUT2D eigenvalue weighted by atomic mass is 9.97. The first kappa shape index (κ1) is 9.96. The molecule has 1 unspecified atom stereocenters. The maximum absolute atomic E-state index is 5.50. The van der Waals surface area contributed by atoms with Crippen LogP contribution >= 0.6 is 0 Å². The van der Waals surface area contributed by atoms with E-state index in [1.165, 1.54) is 0 Å².